The molecule has 0 aliphatic carbocycles. The van der Waals surface area contributed by atoms with E-state index in [-0.39, 0.29) is 0 Å². The van der Waals surface area contributed by atoms with Crippen LogP contribution < -0.4 is 15.9 Å². The maximum Gasteiger partial charge on any atom is 0.332 e. The highest BCUT2D eigenvalue weighted by Gasteiger charge is 2.08. The van der Waals surface area contributed by atoms with Gasteiger partial charge in [-0.1, -0.05) is 28.6 Å². The Balaban J connectivity index is 3.02. The Labute approximate surface area is 121 Å². The summed E-state index contributed by atoms with van der Waals surface area (Å²) in [4.78, 5) is 10.5. The number of rotatable bonds is 5. The number of halogens is 2. The standard InChI is InChI=1S/C11H11Br2N3O2/c1-2-3-18-10-7(6-15-16-11(14)17)4-8(12)5-9(10)13/h2,4-6H,1,3H2,(H3,14,16,17)/b15-6+. The molecule has 0 unspecified atom stereocenters. The molecule has 1 rings (SSSR count). The van der Waals surface area contributed by atoms with Crippen molar-refractivity contribution in [2.24, 2.45) is 10.8 Å². The molecule has 0 radical (unpaired) electrons. The Morgan fingerprint density at radius 3 is 2.89 bits per heavy atom. The summed E-state index contributed by atoms with van der Waals surface area (Å²) in [5.74, 6) is 0.605. The predicted octanol–water partition coefficient (Wildman–Crippen LogP) is 2.78. The van der Waals surface area contributed by atoms with E-state index in [2.05, 4.69) is 49.0 Å². The van der Waals surface area contributed by atoms with Crippen LogP contribution in [0.2, 0.25) is 0 Å². The van der Waals surface area contributed by atoms with E-state index in [1.165, 1.54) is 6.21 Å². The van der Waals surface area contributed by atoms with Crippen LogP contribution in [0.3, 0.4) is 0 Å². The molecule has 0 aromatic heterocycles. The number of carbonyl (C=O) groups excluding carboxylic acids is 1. The van der Waals surface area contributed by atoms with Gasteiger partial charge in [-0.15, -0.1) is 0 Å². The smallest absolute Gasteiger partial charge is 0.332 e. The van der Waals surface area contributed by atoms with Crippen LogP contribution in [0.25, 0.3) is 0 Å². The summed E-state index contributed by atoms with van der Waals surface area (Å²) in [6.45, 7) is 3.95. The number of nitrogens with one attached hydrogen (secondary N) is 1. The molecule has 0 saturated heterocycles. The number of urea groups is 1. The fraction of sp³-hybridized carbons (Fsp3) is 0.0909. The maximum atomic E-state index is 10.5. The highest BCUT2D eigenvalue weighted by molar-refractivity contribution is 9.11. The number of primary amides is 1. The van der Waals surface area contributed by atoms with Gasteiger partial charge in [0.1, 0.15) is 12.4 Å². The van der Waals surface area contributed by atoms with Crippen molar-refractivity contribution in [1.29, 1.82) is 0 Å². The van der Waals surface area contributed by atoms with Gasteiger partial charge < -0.3 is 10.5 Å². The summed E-state index contributed by atoms with van der Waals surface area (Å²) in [7, 11) is 0. The second-order valence-electron chi connectivity index (χ2n) is 3.14. The molecule has 0 spiro atoms. The van der Waals surface area contributed by atoms with Gasteiger partial charge in [0.2, 0.25) is 0 Å². The first-order valence-electron chi connectivity index (χ1n) is 4.86. The van der Waals surface area contributed by atoms with E-state index in [0.717, 1.165) is 8.95 Å². The maximum absolute atomic E-state index is 10.5. The lowest BCUT2D eigenvalue weighted by Gasteiger charge is -2.10. The lowest BCUT2D eigenvalue weighted by molar-refractivity contribution is 0.249. The second-order valence-corrected chi connectivity index (χ2v) is 4.91. The van der Waals surface area contributed by atoms with E-state index in [1.807, 2.05) is 6.07 Å². The third kappa shape index (κ3) is 4.50. The topological polar surface area (TPSA) is 76.7 Å². The molecule has 2 amide bonds. The number of benzene rings is 1. The number of nitrogens with two attached hydrogens (primary N) is 1. The van der Waals surface area contributed by atoms with Crippen molar-refractivity contribution >= 4 is 44.1 Å². The molecule has 1 aromatic rings. The van der Waals surface area contributed by atoms with E-state index in [4.69, 9.17) is 10.5 Å². The molecule has 0 aliphatic heterocycles. The van der Waals surface area contributed by atoms with E-state index in [0.29, 0.717) is 17.9 Å². The van der Waals surface area contributed by atoms with Gasteiger partial charge in [-0.05, 0) is 28.1 Å². The van der Waals surface area contributed by atoms with Gasteiger partial charge in [-0.25, -0.2) is 10.2 Å². The monoisotopic (exact) mass is 375 g/mol. The van der Waals surface area contributed by atoms with Crippen molar-refractivity contribution in [3.05, 3.63) is 39.3 Å². The molecule has 0 bridgehead atoms. The third-order valence-corrected chi connectivity index (χ3v) is 2.81. The van der Waals surface area contributed by atoms with Gasteiger partial charge in [0.05, 0.1) is 10.7 Å². The van der Waals surface area contributed by atoms with Crippen molar-refractivity contribution in [3.63, 3.8) is 0 Å². The minimum Gasteiger partial charge on any atom is -0.488 e. The molecule has 0 fully saturated rings. The number of nitrogens with zero attached hydrogens (tertiary/aromatic N) is 1. The molecule has 1 aromatic carbocycles. The lowest BCUT2D eigenvalue weighted by Crippen LogP contribution is -2.24. The molecule has 7 heteroatoms. The van der Waals surface area contributed by atoms with Crippen molar-refractivity contribution in [1.82, 2.24) is 5.43 Å². The lowest BCUT2D eigenvalue weighted by atomic mass is 10.2. The Hall–Kier alpha value is -1.34. The van der Waals surface area contributed by atoms with Crippen molar-refractivity contribution in [2.75, 3.05) is 6.61 Å². The molecule has 0 saturated carbocycles. The molecule has 96 valence electrons. The van der Waals surface area contributed by atoms with Crippen LogP contribution in [0.5, 0.6) is 5.75 Å². The van der Waals surface area contributed by atoms with Gasteiger partial charge in [-0.2, -0.15) is 5.10 Å². The number of ether oxygens (including phenoxy) is 1. The number of hydrogen-bond acceptors (Lipinski definition) is 3. The van der Waals surface area contributed by atoms with Crippen LogP contribution in [0.15, 0.2) is 38.8 Å². The van der Waals surface area contributed by atoms with E-state index >= 15 is 0 Å². The van der Waals surface area contributed by atoms with Gasteiger partial charge in [0, 0.05) is 10.0 Å². The number of hydrogen-bond donors (Lipinski definition) is 2. The molecule has 0 atom stereocenters. The Kier molecular flexibility index (Phi) is 5.87. The first-order valence-corrected chi connectivity index (χ1v) is 6.44. The fourth-order valence-corrected chi connectivity index (χ4v) is 2.51. The normalized spacial score (nSPS) is 10.3. The predicted molar refractivity (Wildman–Crippen MR) is 77.8 cm³/mol. The van der Waals surface area contributed by atoms with Gasteiger partial charge in [0.15, 0.2) is 0 Å². The van der Waals surface area contributed by atoms with E-state index < -0.39 is 6.03 Å². The summed E-state index contributed by atoms with van der Waals surface area (Å²) in [6.07, 6.45) is 3.08. The first kappa shape index (κ1) is 14.7. The molecule has 3 N–H and O–H groups in total. The zero-order chi connectivity index (χ0) is 13.5. The third-order valence-electron chi connectivity index (χ3n) is 1.76. The van der Waals surface area contributed by atoms with E-state index in [9.17, 15) is 4.79 Å². The van der Waals surface area contributed by atoms with Gasteiger partial charge in [0.25, 0.3) is 0 Å². The average Bonchev–Trinajstić information content (AvgIpc) is 2.27. The number of amides is 2. The molecule has 5 nitrogen and oxygen atoms in total. The average molecular weight is 377 g/mol. The molecular formula is C11H11Br2N3O2. The fourth-order valence-electron chi connectivity index (χ4n) is 1.14. The summed E-state index contributed by atoms with van der Waals surface area (Å²) >= 11 is 6.74. The SMILES string of the molecule is C=CCOc1c(Br)cc(Br)cc1/C=N/NC(N)=O. The van der Waals surface area contributed by atoms with E-state index in [1.54, 1.807) is 12.1 Å². The van der Waals surface area contributed by atoms with Gasteiger partial charge >= 0.3 is 6.03 Å². The molecule has 0 aliphatic rings. The number of carbonyl (C=O) groups is 1. The van der Waals surface area contributed by atoms with Crippen molar-refractivity contribution in [2.45, 2.75) is 0 Å². The molecule has 18 heavy (non-hydrogen) atoms. The largest absolute Gasteiger partial charge is 0.488 e. The molecule has 0 heterocycles. The zero-order valence-electron chi connectivity index (χ0n) is 9.32. The Morgan fingerprint density at radius 1 is 1.56 bits per heavy atom. The highest BCUT2D eigenvalue weighted by Crippen LogP contribution is 2.32. The molecular weight excluding hydrogens is 366 g/mol. The second kappa shape index (κ2) is 7.17. The van der Waals surface area contributed by atoms with Crippen molar-refractivity contribution in [3.8, 4) is 5.75 Å². The zero-order valence-corrected chi connectivity index (χ0v) is 12.5. The van der Waals surface area contributed by atoms with Crippen LogP contribution in [0.4, 0.5) is 4.79 Å². The van der Waals surface area contributed by atoms with Crippen LogP contribution in [-0.2, 0) is 0 Å². The number of hydrazone groups is 1. The van der Waals surface area contributed by atoms with Crippen LogP contribution in [0.1, 0.15) is 5.56 Å². The van der Waals surface area contributed by atoms with Crippen LogP contribution in [0, 0.1) is 0 Å². The summed E-state index contributed by atoms with van der Waals surface area (Å²) in [5.41, 5.74) is 7.71. The van der Waals surface area contributed by atoms with Gasteiger partial charge in [-0.3, -0.25) is 0 Å². The Morgan fingerprint density at radius 2 is 2.28 bits per heavy atom. The summed E-state index contributed by atoms with van der Waals surface area (Å²) < 4.78 is 7.12. The highest BCUT2D eigenvalue weighted by atomic mass is 79.9. The first-order chi connectivity index (χ1) is 8.54. The van der Waals surface area contributed by atoms with Crippen molar-refractivity contribution < 1.29 is 9.53 Å². The summed E-state index contributed by atoms with van der Waals surface area (Å²) in [5, 5.41) is 3.70. The minimum absolute atomic E-state index is 0.365. The van der Waals surface area contributed by atoms with Crippen LogP contribution in [-0.4, -0.2) is 18.9 Å². The Bertz CT molecular complexity index is 489. The minimum atomic E-state index is -0.728. The quantitative estimate of drug-likeness (QED) is 0.471. The van der Waals surface area contributed by atoms with Crippen LogP contribution >= 0.6 is 31.9 Å². The summed E-state index contributed by atoms with van der Waals surface area (Å²) in [6, 6.07) is 2.92.